The lowest BCUT2D eigenvalue weighted by Gasteiger charge is -1.96. The topological polar surface area (TPSA) is 60.5 Å². The number of hydrogen-bond acceptors (Lipinski definition) is 5. The average molecular weight is 311 g/mol. The second-order valence-electron chi connectivity index (χ2n) is 4.93. The molecular formula is C17H14FN3O2. The first-order chi connectivity index (χ1) is 11.2. The summed E-state index contributed by atoms with van der Waals surface area (Å²) in [5, 5.41) is 11.6. The summed E-state index contributed by atoms with van der Waals surface area (Å²) in [6, 6.07) is 13.7. The van der Waals surface area contributed by atoms with E-state index in [0.717, 1.165) is 5.56 Å². The van der Waals surface area contributed by atoms with Gasteiger partial charge in [0.15, 0.2) is 6.61 Å². The van der Waals surface area contributed by atoms with Gasteiger partial charge in [-0.05, 0) is 36.8 Å². The van der Waals surface area contributed by atoms with Crippen LogP contribution in [0.1, 0.15) is 17.0 Å². The Morgan fingerprint density at radius 1 is 1.09 bits per heavy atom. The molecule has 0 bridgehead atoms. The van der Waals surface area contributed by atoms with Gasteiger partial charge in [-0.3, -0.25) is 0 Å². The van der Waals surface area contributed by atoms with Crippen molar-refractivity contribution in [3.63, 3.8) is 0 Å². The molecule has 0 N–H and O–H groups in total. The zero-order valence-electron chi connectivity index (χ0n) is 12.4. The summed E-state index contributed by atoms with van der Waals surface area (Å²) in [6.07, 6.45) is 1.61. The Labute approximate surface area is 132 Å². The Balaban J connectivity index is 1.57. The zero-order chi connectivity index (χ0) is 16.1. The van der Waals surface area contributed by atoms with Crippen molar-refractivity contribution in [3.05, 3.63) is 71.4 Å². The van der Waals surface area contributed by atoms with Crippen molar-refractivity contribution < 1.29 is 13.6 Å². The third-order valence-corrected chi connectivity index (χ3v) is 3.10. The maximum Gasteiger partial charge on any atom is 0.257 e. The Kier molecular flexibility index (Phi) is 4.42. The van der Waals surface area contributed by atoms with Gasteiger partial charge in [0.1, 0.15) is 5.82 Å². The number of nitrogens with zero attached hydrogens (tertiary/aromatic N) is 3. The minimum absolute atomic E-state index is 0.0660. The maximum atomic E-state index is 12.9. The van der Waals surface area contributed by atoms with Gasteiger partial charge in [0.25, 0.3) is 5.89 Å². The molecule has 5 nitrogen and oxygen atoms in total. The first-order valence-corrected chi connectivity index (χ1v) is 7.01. The van der Waals surface area contributed by atoms with Crippen LogP contribution in [-0.2, 0) is 11.4 Å². The highest BCUT2D eigenvalue weighted by Gasteiger charge is 2.08. The summed E-state index contributed by atoms with van der Waals surface area (Å²) in [4.78, 5) is 5.14. The van der Waals surface area contributed by atoms with Crippen LogP contribution in [0.15, 0.2) is 58.1 Å². The number of rotatable bonds is 5. The molecule has 116 valence electrons. The summed E-state index contributed by atoms with van der Waals surface area (Å²) in [6.45, 7) is 2.09. The van der Waals surface area contributed by atoms with E-state index in [0.29, 0.717) is 17.3 Å². The van der Waals surface area contributed by atoms with Gasteiger partial charge in [0.05, 0.1) is 6.21 Å². The molecule has 0 atom stereocenters. The van der Waals surface area contributed by atoms with Crippen LogP contribution in [-0.4, -0.2) is 16.4 Å². The van der Waals surface area contributed by atoms with Gasteiger partial charge >= 0.3 is 0 Å². The molecule has 6 heteroatoms. The van der Waals surface area contributed by atoms with E-state index in [-0.39, 0.29) is 12.4 Å². The van der Waals surface area contributed by atoms with Crippen molar-refractivity contribution in [3.8, 4) is 11.5 Å². The molecule has 0 aliphatic carbocycles. The first-order valence-electron chi connectivity index (χ1n) is 7.01. The van der Waals surface area contributed by atoms with Gasteiger partial charge in [0, 0.05) is 5.56 Å². The highest BCUT2D eigenvalue weighted by Crippen LogP contribution is 2.18. The molecule has 1 aromatic heterocycles. The van der Waals surface area contributed by atoms with Crippen molar-refractivity contribution >= 4 is 6.21 Å². The number of aromatic nitrogens is 2. The van der Waals surface area contributed by atoms with Gasteiger partial charge in [-0.25, -0.2) is 4.39 Å². The molecule has 0 amide bonds. The van der Waals surface area contributed by atoms with Crippen LogP contribution in [0.25, 0.3) is 11.5 Å². The highest BCUT2D eigenvalue weighted by atomic mass is 19.1. The van der Waals surface area contributed by atoms with Crippen LogP contribution in [0.3, 0.4) is 0 Å². The Hall–Kier alpha value is -3.02. The van der Waals surface area contributed by atoms with Crippen molar-refractivity contribution in [1.29, 1.82) is 0 Å². The molecule has 1 heterocycles. The van der Waals surface area contributed by atoms with Crippen LogP contribution in [0.5, 0.6) is 0 Å². The first kappa shape index (κ1) is 14.9. The van der Waals surface area contributed by atoms with E-state index in [9.17, 15) is 4.39 Å². The van der Waals surface area contributed by atoms with Crippen molar-refractivity contribution in [1.82, 2.24) is 10.2 Å². The average Bonchev–Trinajstić information content (AvgIpc) is 3.03. The fraction of sp³-hybridized carbons (Fsp3) is 0.118. The van der Waals surface area contributed by atoms with Gasteiger partial charge in [-0.15, -0.1) is 10.2 Å². The summed E-state index contributed by atoms with van der Waals surface area (Å²) < 4.78 is 18.3. The lowest BCUT2D eigenvalue weighted by Crippen LogP contribution is -1.88. The predicted octanol–water partition coefficient (Wildman–Crippen LogP) is 3.73. The van der Waals surface area contributed by atoms with Crippen molar-refractivity contribution in [2.24, 2.45) is 5.16 Å². The fourth-order valence-corrected chi connectivity index (χ4v) is 1.86. The normalized spacial score (nSPS) is 11.0. The van der Waals surface area contributed by atoms with E-state index in [1.165, 1.54) is 17.7 Å². The molecule has 3 rings (SSSR count). The van der Waals surface area contributed by atoms with Crippen LogP contribution >= 0.6 is 0 Å². The molecule has 0 fully saturated rings. The molecule has 0 aliphatic heterocycles. The van der Waals surface area contributed by atoms with Crippen molar-refractivity contribution in [2.75, 3.05) is 0 Å². The lowest BCUT2D eigenvalue weighted by atomic mass is 10.2. The van der Waals surface area contributed by atoms with Gasteiger partial charge in [-0.1, -0.05) is 35.0 Å². The standard InChI is InChI=1S/C17H14FN3O2/c1-12-2-4-13(5-3-12)10-19-22-11-16-20-21-17(23-16)14-6-8-15(18)9-7-14/h2-10H,11H2,1H3/b19-10+. The SMILES string of the molecule is Cc1ccc(/C=N/OCc2nnc(-c3ccc(F)cc3)o2)cc1. The third kappa shape index (κ3) is 4.00. The van der Waals surface area contributed by atoms with E-state index < -0.39 is 0 Å². The van der Waals surface area contributed by atoms with Gasteiger partial charge < -0.3 is 9.25 Å². The van der Waals surface area contributed by atoms with Crippen molar-refractivity contribution in [2.45, 2.75) is 13.5 Å². The zero-order valence-corrected chi connectivity index (χ0v) is 12.4. The van der Waals surface area contributed by atoms with Crippen LogP contribution in [0.4, 0.5) is 4.39 Å². The molecule has 3 aromatic rings. The molecule has 0 aliphatic rings. The predicted molar refractivity (Wildman–Crippen MR) is 83.3 cm³/mol. The quantitative estimate of drug-likeness (QED) is 0.532. The summed E-state index contributed by atoms with van der Waals surface area (Å²) in [7, 11) is 0. The largest absolute Gasteiger partial charge is 0.417 e. The second-order valence-corrected chi connectivity index (χ2v) is 4.93. The van der Waals surface area contributed by atoms with E-state index >= 15 is 0 Å². The number of benzene rings is 2. The van der Waals surface area contributed by atoms with Crippen LogP contribution < -0.4 is 0 Å². The van der Waals surface area contributed by atoms with E-state index in [1.54, 1.807) is 18.3 Å². The monoisotopic (exact) mass is 311 g/mol. The molecule has 23 heavy (non-hydrogen) atoms. The number of oxime groups is 1. The maximum absolute atomic E-state index is 12.9. The van der Waals surface area contributed by atoms with Crippen LogP contribution in [0, 0.1) is 12.7 Å². The van der Waals surface area contributed by atoms with Crippen LogP contribution in [0.2, 0.25) is 0 Å². The molecule has 0 saturated heterocycles. The Morgan fingerprint density at radius 2 is 1.83 bits per heavy atom. The number of halogens is 1. The molecular weight excluding hydrogens is 297 g/mol. The molecule has 0 saturated carbocycles. The fourth-order valence-electron chi connectivity index (χ4n) is 1.86. The smallest absolute Gasteiger partial charge is 0.257 e. The molecule has 2 aromatic carbocycles. The lowest BCUT2D eigenvalue weighted by molar-refractivity contribution is 0.112. The number of hydrogen-bond donors (Lipinski definition) is 0. The van der Waals surface area contributed by atoms with Gasteiger partial charge in [-0.2, -0.15) is 0 Å². The highest BCUT2D eigenvalue weighted by molar-refractivity contribution is 5.79. The minimum Gasteiger partial charge on any atom is -0.417 e. The minimum atomic E-state index is -0.317. The van der Waals surface area contributed by atoms with E-state index in [4.69, 9.17) is 9.25 Å². The Morgan fingerprint density at radius 3 is 2.57 bits per heavy atom. The summed E-state index contributed by atoms with van der Waals surface area (Å²) >= 11 is 0. The van der Waals surface area contributed by atoms with E-state index in [1.807, 2.05) is 31.2 Å². The Bertz CT molecular complexity index is 795. The molecule has 0 unspecified atom stereocenters. The second kappa shape index (κ2) is 6.83. The molecule has 0 radical (unpaired) electrons. The van der Waals surface area contributed by atoms with E-state index in [2.05, 4.69) is 15.4 Å². The summed E-state index contributed by atoms with van der Waals surface area (Å²) in [5.74, 6) is 0.291. The number of aryl methyl sites for hydroxylation is 1. The van der Waals surface area contributed by atoms with Gasteiger partial charge in [0.2, 0.25) is 5.89 Å². The third-order valence-electron chi connectivity index (χ3n) is 3.10. The summed E-state index contributed by atoms with van der Waals surface area (Å²) in [5.41, 5.74) is 2.77. The molecule has 0 spiro atoms.